The van der Waals surface area contributed by atoms with Gasteiger partial charge in [-0.05, 0) is 61.9 Å². The average Bonchev–Trinajstić information content (AvgIpc) is 3.09. The summed E-state index contributed by atoms with van der Waals surface area (Å²) in [5, 5.41) is 0. The van der Waals surface area contributed by atoms with E-state index in [0.29, 0.717) is 13.2 Å². The van der Waals surface area contributed by atoms with Gasteiger partial charge in [0.15, 0.2) is 0 Å². The molecule has 3 atom stereocenters. The number of aryl methyl sites for hydroxylation is 1. The minimum Gasteiger partial charge on any atom is -0.497 e. The molecule has 0 N–H and O–H groups in total. The summed E-state index contributed by atoms with van der Waals surface area (Å²) in [6.45, 7) is 1.85. The lowest BCUT2D eigenvalue weighted by atomic mass is 9.84. The molecule has 3 aliphatic rings. The van der Waals surface area contributed by atoms with Crippen molar-refractivity contribution < 1.29 is 18.7 Å². The lowest BCUT2D eigenvalue weighted by Gasteiger charge is -2.35. The van der Waals surface area contributed by atoms with E-state index in [2.05, 4.69) is 4.90 Å². The Labute approximate surface area is 170 Å². The summed E-state index contributed by atoms with van der Waals surface area (Å²) in [4.78, 5) is 17.7. The summed E-state index contributed by atoms with van der Waals surface area (Å²) >= 11 is 0. The molecular weight excluding hydrogens is 371 g/mol. The second-order valence-corrected chi connectivity index (χ2v) is 8.24. The molecule has 3 aliphatic heterocycles. The number of fused-ring (bicyclic) bond motifs is 4. The number of nitrogens with zero attached hydrogens (tertiary/aromatic N) is 2. The number of hydrogen-bond acceptors (Lipinski definition) is 4. The Hall–Kier alpha value is -2.60. The molecule has 0 spiro atoms. The van der Waals surface area contributed by atoms with Crippen LogP contribution < -0.4 is 14.4 Å². The highest BCUT2D eigenvalue weighted by Crippen LogP contribution is 2.47. The number of hydrogen-bond donors (Lipinski definition) is 0. The van der Waals surface area contributed by atoms with Gasteiger partial charge in [-0.3, -0.25) is 9.69 Å². The summed E-state index contributed by atoms with van der Waals surface area (Å²) in [5.74, 6) is 1.26. The second kappa shape index (κ2) is 7.02. The maximum absolute atomic E-state index is 13.9. The Balaban J connectivity index is 1.45. The van der Waals surface area contributed by atoms with Gasteiger partial charge in [-0.1, -0.05) is 0 Å². The van der Waals surface area contributed by atoms with Crippen molar-refractivity contribution in [3.63, 3.8) is 0 Å². The predicted molar refractivity (Wildman–Crippen MR) is 108 cm³/mol. The van der Waals surface area contributed by atoms with E-state index in [1.807, 2.05) is 30.1 Å². The minimum atomic E-state index is -0.268. The lowest BCUT2D eigenvalue weighted by Crippen LogP contribution is -2.43. The number of ether oxygens (including phenoxy) is 2. The van der Waals surface area contributed by atoms with E-state index in [0.717, 1.165) is 47.7 Å². The minimum absolute atomic E-state index is 0.00327. The fraction of sp³-hybridized carbons (Fsp3) is 0.435. The Morgan fingerprint density at radius 1 is 1.24 bits per heavy atom. The summed E-state index contributed by atoms with van der Waals surface area (Å²) < 4.78 is 25.2. The van der Waals surface area contributed by atoms with Crippen LogP contribution in [0.5, 0.6) is 11.5 Å². The number of benzene rings is 2. The molecule has 5 rings (SSSR count). The molecule has 0 radical (unpaired) electrons. The number of methoxy groups -OCH3 is 1. The second-order valence-electron chi connectivity index (χ2n) is 8.24. The Morgan fingerprint density at radius 3 is 2.93 bits per heavy atom. The fourth-order valence-corrected chi connectivity index (χ4v) is 5.24. The van der Waals surface area contributed by atoms with Gasteiger partial charge in [-0.15, -0.1) is 0 Å². The third-order valence-corrected chi connectivity index (χ3v) is 6.59. The van der Waals surface area contributed by atoms with Crippen molar-refractivity contribution in [1.29, 1.82) is 0 Å². The van der Waals surface area contributed by atoms with Crippen molar-refractivity contribution in [3.05, 3.63) is 53.3 Å². The maximum atomic E-state index is 13.9. The van der Waals surface area contributed by atoms with Gasteiger partial charge in [-0.25, -0.2) is 4.39 Å². The molecule has 3 heterocycles. The van der Waals surface area contributed by atoms with Crippen LogP contribution in [0.4, 0.5) is 10.1 Å². The number of carbonyl (C=O) groups excluding carboxylic acids is 1. The first kappa shape index (κ1) is 18.4. The van der Waals surface area contributed by atoms with Crippen LogP contribution in [0.15, 0.2) is 36.4 Å². The van der Waals surface area contributed by atoms with E-state index in [4.69, 9.17) is 9.47 Å². The molecule has 0 saturated carbocycles. The van der Waals surface area contributed by atoms with Gasteiger partial charge in [0.1, 0.15) is 17.3 Å². The van der Waals surface area contributed by atoms with Crippen molar-refractivity contribution in [3.8, 4) is 11.5 Å². The molecular formula is C23H25FN2O3. The molecule has 0 unspecified atom stereocenters. The number of likely N-dealkylation sites (tertiary alicyclic amines) is 1. The number of carbonyl (C=O) groups is 1. The molecule has 0 aromatic heterocycles. The van der Waals surface area contributed by atoms with Crippen molar-refractivity contribution in [2.75, 3.05) is 38.8 Å². The molecule has 0 aliphatic carbocycles. The molecule has 2 aromatic carbocycles. The Kier molecular flexibility index (Phi) is 4.46. The van der Waals surface area contributed by atoms with Gasteiger partial charge >= 0.3 is 0 Å². The molecule has 5 nitrogen and oxygen atoms in total. The van der Waals surface area contributed by atoms with Gasteiger partial charge in [0.2, 0.25) is 5.91 Å². The Bertz CT molecular complexity index is 963. The van der Waals surface area contributed by atoms with E-state index in [-0.39, 0.29) is 29.6 Å². The van der Waals surface area contributed by atoms with Crippen LogP contribution in [0.1, 0.15) is 23.6 Å². The van der Waals surface area contributed by atoms with E-state index >= 15 is 0 Å². The molecule has 6 heteroatoms. The first-order valence-electron chi connectivity index (χ1n) is 10.2. The van der Waals surface area contributed by atoms with Crippen LogP contribution in [0.2, 0.25) is 0 Å². The lowest BCUT2D eigenvalue weighted by molar-refractivity contribution is -0.123. The van der Waals surface area contributed by atoms with Crippen LogP contribution in [-0.2, 0) is 11.2 Å². The van der Waals surface area contributed by atoms with E-state index in [9.17, 15) is 9.18 Å². The molecule has 0 bridgehead atoms. The molecule has 1 saturated heterocycles. The van der Waals surface area contributed by atoms with Crippen LogP contribution in [-0.4, -0.2) is 44.7 Å². The number of anilines is 1. The molecule has 1 amide bonds. The standard InChI is InChI=1S/C23H25FN2O3/c1-25-12-18(19-13-29-21-8-5-15(24)11-17(21)22(19)25)23(27)26-9-3-4-14-10-16(28-2)6-7-20(14)26/h5-8,10-11,18-19,22H,3-4,9,12-13H2,1-2H3/t18-,19+,22+/m1/s1. The zero-order valence-electron chi connectivity index (χ0n) is 16.7. The van der Waals surface area contributed by atoms with Crippen LogP contribution in [0.25, 0.3) is 0 Å². The van der Waals surface area contributed by atoms with Gasteiger partial charge in [0, 0.05) is 36.3 Å². The monoisotopic (exact) mass is 396 g/mol. The Morgan fingerprint density at radius 2 is 2.10 bits per heavy atom. The topological polar surface area (TPSA) is 42.0 Å². The maximum Gasteiger partial charge on any atom is 0.231 e. The third kappa shape index (κ3) is 2.97. The highest BCUT2D eigenvalue weighted by molar-refractivity contribution is 5.97. The van der Waals surface area contributed by atoms with Gasteiger partial charge < -0.3 is 14.4 Å². The number of rotatable bonds is 2. The quantitative estimate of drug-likeness (QED) is 0.780. The number of amides is 1. The summed E-state index contributed by atoms with van der Waals surface area (Å²) in [5.41, 5.74) is 2.98. The van der Waals surface area contributed by atoms with Crippen molar-refractivity contribution in [2.24, 2.45) is 11.8 Å². The predicted octanol–water partition coefficient (Wildman–Crippen LogP) is 3.43. The molecule has 152 valence electrons. The SMILES string of the molecule is COc1ccc2c(c1)CCCN2C(=O)[C@@H]1CN(C)[C@H]2c3cc(F)ccc3OC[C@@H]12. The highest BCUT2D eigenvalue weighted by atomic mass is 19.1. The van der Waals surface area contributed by atoms with Crippen molar-refractivity contribution in [2.45, 2.75) is 18.9 Å². The van der Waals surface area contributed by atoms with Crippen LogP contribution in [0, 0.1) is 17.7 Å². The van der Waals surface area contributed by atoms with Gasteiger partial charge in [0.25, 0.3) is 0 Å². The van der Waals surface area contributed by atoms with E-state index in [1.54, 1.807) is 19.2 Å². The van der Waals surface area contributed by atoms with E-state index < -0.39 is 0 Å². The summed E-state index contributed by atoms with van der Waals surface area (Å²) in [7, 11) is 3.67. The van der Waals surface area contributed by atoms with Gasteiger partial charge in [0.05, 0.1) is 19.6 Å². The summed E-state index contributed by atoms with van der Waals surface area (Å²) in [6.07, 6.45) is 1.88. The first-order valence-corrected chi connectivity index (χ1v) is 10.2. The highest BCUT2D eigenvalue weighted by Gasteiger charge is 2.49. The van der Waals surface area contributed by atoms with Gasteiger partial charge in [-0.2, -0.15) is 0 Å². The fourth-order valence-electron chi connectivity index (χ4n) is 5.24. The zero-order chi connectivity index (χ0) is 20.1. The smallest absolute Gasteiger partial charge is 0.231 e. The largest absolute Gasteiger partial charge is 0.497 e. The molecule has 2 aromatic rings. The third-order valence-electron chi connectivity index (χ3n) is 6.59. The normalized spacial score (nSPS) is 25.6. The van der Waals surface area contributed by atoms with Crippen LogP contribution >= 0.6 is 0 Å². The summed E-state index contributed by atoms with van der Waals surface area (Å²) in [6, 6.07) is 10.6. The molecule has 1 fully saturated rings. The van der Waals surface area contributed by atoms with Crippen molar-refractivity contribution in [1.82, 2.24) is 4.90 Å². The first-order chi connectivity index (χ1) is 14.1. The number of halogens is 1. The average molecular weight is 396 g/mol. The van der Waals surface area contributed by atoms with Crippen LogP contribution in [0.3, 0.4) is 0 Å². The zero-order valence-corrected chi connectivity index (χ0v) is 16.7. The molecule has 29 heavy (non-hydrogen) atoms. The van der Waals surface area contributed by atoms with Crippen molar-refractivity contribution >= 4 is 11.6 Å². The van der Waals surface area contributed by atoms with E-state index in [1.165, 1.54) is 6.07 Å².